The second kappa shape index (κ2) is 7.82. The maximum atomic E-state index is 10.3. The molecule has 0 amide bonds. The van der Waals surface area contributed by atoms with Gasteiger partial charge in [-0.15, -0.1) is 0 Å². The smallest absolute Gasteiger partial charge is 0.0802 e. The molecule has 1 saturated heterocycles. The Morgan fingerprint density at radius 1 is 0.913 bits per heavy atom. The summed E-state index contributed by atoms with van der Waals surface area (Å²) in [6.45, 7) is 5.03. The van der Waals surface area contributed by atoms with E-state index in [0.29, 0.717) is 0 Å². The molecule has 0 bridgehead atoms. The van der Waals surface area contributed by atoms with Gasteiger partial charge >= 0.3 is 0 Å². The van der Waals surface area contributed by atoms with Crippen molar-refractivity contribution in [3.8, 4) is 0 Å². The molecule has 122 valence electrons. The van der Waals surface area contributed by atoms with E-state index in [1.807, 2.05) is 42.5 Å². The first kappa shape index (κ1) is 16.3. The van der Waals surface area contributed by atoms with Crippen molar-refractivity contribution in [2.24, 2.45) is 0 Å². The van der Waals surface area contributed by atoms with Gasteiger partial charge in [-0.1, -0.05) is 41.9 Å². The molecule has 1 atom stereocenters. The van der Waals surface area contributed by atoms with Gasteiger partial charge in [-0.3, -0.25) is 4.90 Å². The molecule has 0 aliphatic carbocycles. The van der Waals surface area contributed by atoms with E-state index in [9.17, 15) is 5.11 Å². The van der Waals surface area contributed by atoms with E-state index in [2.05, 4.69) is 21.9 Å². The molecule has 0 spiro atoms. The fraction of sp³-hybridized carbons (Fsp3) is 0.368. The summed E-state index contributed by atoms with van der Waals surface area (Å²) in [7, 11) is 0. The molecule has 0 radical (unpaired) electrons. The SMILES string of the molecule is O[C@@H](CCN1CCN(c2ccc(Cl)cc2)CC1)c1ccccc1. The van der Waals surface area contributed by atoms with Gasteiger partial charge in [0, 0.05) is 43.4 Å². The lowest BCUT2D eigenvalue weighted by Crippen LogP contribution is -2.46. The van der Waals surface area contributed by atoms with Gasteiger partial charge in [-0.2, -0.15) is 0 Å². The van der Waals surface area contributed by atoms with Crippen LogP contribution < -0.4 is 4.90 Å². The van der Waals surface area contributed by atoms with Crippen molar-refractivity contribution in [2.45, 2.75) is 12.5 Å². The summed E-state index contributed by atoms with van der Waals surface area (Å²) in [6.07, 6.45) is 0.413. The first-order valence-electron chi connectivity index (χ1n) is 8.18. The van der Waals surface area contributed by atoms with Gasteiger partial charge in [-0.05, 0) is 36.2 Å². The number of piperazine rings is 1. The van der Waals surface area contributed by atoms with E-state index in [4.69, 9.17) is 11.6 Å². The summed E-state index contributed by atoms with van der Waals surface area (Å²) >= 11 is 5.94. The second-order valence-corrected chi connectivity index (χ2v) is 6.46. The number of anilines is 1. The highest BCUT2D eigenvalue weighted by molar-refractivity contribution is 6.30. The van der Waals surface area contributed by atoms with Crippen molar-refractivity contribution < 1.29 is 5.11 Å². The van der Waals surface area contributed by atoms with Crippen molar-refractivity contribution in [1.82, 2.24) is 4.90 Å². The molecule has 0 saturated carbocycles. The Bertz CT molecular complexity index is 595. The lowest BCUT2D eigenvalue weighted by molar-refractivity contribution is 0.139. The first-order chi connectivity index (χ1) is 11.2. The number of benzene rings is 2. The third-order valence-corrected chi connectivity index (χ3v) is 4.72. The molecule has 2 aromatic carbocycles. The van der Waals surface area contributed by atoms with E-state index < -0.39 is 0 Å². The molecule has 1 N–H and O–H groups in total. The fourth-order valence-electron chi connectivity index (χ4n) is 3.03. The Hall–Kier alpha value is -1.55. The molecule has 23 heavy (non-hydrogen) atoms. The van der Waals surface area contributed by atoms with E-state index in [1.165, 1.54) is 5.69 Å². The van der Waals surface area contributed by atoms with Crippen molar-refractivity contribution in [2.75, 3.05) is 37.6 Å². The van der Waals surface area contributed by atoms with Gasteiger partial charge in [0.1, 0.15) is 0 Å². The van der Waals surface area contributed by atoms with Crippen LogP contribution in [0.2, 0.25) is 5.02 Å². The van der Waals surface area contributed by atoms with Gasteiger partial charge in [0.05, 0.1) is 6.10 Å². The lowest BCUT2D eigenvalue weighted by atomic mass is 10.1. The average Bonchev–Trinajstić information content (AvgIpc) is 2.61. The Morgan fingerprint density at radius 2 is 1.57 bits per heavy atom. The molecule has 2 aromatic rings. The number of aliphatic hydroxyl groups is 1. The van der Waals surface area contributed by atoms with E-state index in [0.717, 1.165) is 49.7 Å². The molecule has 4 heteroatoms. The second-order valence-electron chi connectivity index (χ2n) is 6.02. The van der Waals surface area contributed by atoms with Gasteiger partial charge in [0.25, 0.3) is 0 Å². The minimum absolute atomic E-state index is 0.370. The topological polar surface area (TPSA) is 26.7 Å². The number of rotatable bonds is 5. The lowest BCUT2D eigenvalue weighted by Gasteiger charge is -2.36. The number of hydrogen-bond donors (Lipinski definition) is 1. The van der Waals surface area contributed by atoms with Crippen LogP contribution in [0.1, 0.15) is 18.1 Å². The normalized spacial score (nSPS) is 17.2. The molecule has 1 fully saturated rings. The molecule has 3 rings (SSSR count). The quantitative estimate of drug-likeness (QED) is 0.907. The van der Waals surface area contributed by atoms with Crippen molar-refractivity contribution in [3.05, 3.63) is 65.2 Å². The Labute approximate surface area is 143 Å². The highest BCUT2D eigenvalue weighted by Crippen LogP contribution is 2.20. The van der Waals surface area contributed by atoms with E-state index >= 15 is 0 Å². The molecule has 1 aliphatic heterocycles. The van der Waals surface area contributed by atoms with Crippen LogP contribution in [0.5, 0.6) is 0 Å². The Morgan fingerprint density at radius 3 is 2.22 bits per heavy atom. The molecular formula is C19H23ClN2O. The molecular weight excluding hydrogens is 308 g/mol. The third-order valence-electron chi connectivity index (χ3n) is 4.47. The molecule has 0 unspecified atom stereocenters. The molecule has 3 nitrogen and oxygen atoms in total. The number of hydrogen-bond acceptors (Lipinski definition) is 3. The van der Waals surface area contributed by atoms with Crippen molar-refractivity contribution in [1.29, 1.82) is 0 Å². The van der Waals surface area contributed by atoms with Gasteiger partial charge < -0.3 is 10.0 Å². The van der Waals surface area contributed by atoms with Crippen molar-refractivity contribution in [3.63, 3.8) is 0 Å². The summed E-state index contributed by atoms with van der Waals surface area (Å²) in [5, 5.41) is 11.0. The molecule has 0 aromatic heterocycles. The fourth-order valence-corrected chi connectivity index (χ4v) is 3.15. The first-order valence-corrected chi connectivity index (χ1v) is 8.56. The van der Waals surface area contributed by atoms with Gasteiger partial charge in [-0.25, -0.2) is 0 Å². The minimum Gasteiger partial charge on any atom is -0.388 e. The van der Waals surface area contributed by atoms with Crippen LogP contribution in [0, 0.1) is 0 Å². The van der Waals surface area contributed by atoms with Crippen LogP contribution in [0.3, 0.4) is 0 Å². The maximum Gasteiger partial charge on any atom is 0.0802 e. The van der Waals surface area contributed by atoms with Crippen LogP contribution >= 0.6 is 11.6 Å². The highest BCUT2D eigenvalue weighted by atomic mass is 35.5. The Kier molecular flexibility index (Phi) is 5.55. The molecule has 1 heterocycles. The predicted molar refractivity (Wildman–Crippen MR) is 96.1 cm³/mol. The third kappa shape index (κ3) is 4.47. The zero-order valence-corrected chi connectivity index (χ0v) is 14.0. The number of halogens is 1. The standard InChI is InChI=1S/C19H23ClN2O/c20-17-6-8-18(9-7-17)22-14-12-21(13-15-22)11-10-19(23)16-4-2-1-3-5-16/h1-9,19,23H,10-15H2/t19-/m0/s1. The van der Waals surface area contributed by atoms with Crippen LogP contribution in [0.4, 0.5) is 5.69 Å². The van der Waals surface area contributed by atoms with Crippen LogP contribution in [-0.2, 0) is 0 Å². The average molecular weight is 331 g/mol. The zero-order chi connectivity index (χ0) is 16.1. The summed E-state index contributed by atoms with van der Waals surface area (Å²) < 4.78 is 0. The summed E-state index contributed by atoms with van der Waals surface area (Å²) in [5.41, 5.74) is 2.24. The number of aliphatic hydroxyl groups excluding tert-OH is 1. The monoisotopic (exact) mass is 330 g/mol. The maximum absolute atomic E-state index is 10.3. The van der Waals surface area contributed by atoms with Crippen LogP contribution in [-0.4, -0.2) is 42.7 Å². The number of nitrogens with zero attached hydrogens (tertiary/aromatic N) is 2. The highest BCUT2D eigenvalue weighted by Gasteiger charge is 2.18. The minimum atomic E-state index is -0.370. The summed E-state index contributed by atoms with van der Waals surface area (Å²) in [6, 6.07) is 18.0. The van der Waals surface area contributed by atoms with E-state index in [1.54, 1.807) is 0 Å². The van der Waals surface area contributed by atoms with Gasteiger partial charge in [0.15, 0.2) is 0 Å². The van der Waals surface area contributed by atoms with Crippen molar-refractivity contribution >= 4 is 17.3 Å². The summed E-state index contributed by atoms with van der Waals surface area (Å²) in [4.78, 5) is 4.82. The molecule has 1 aliphatic rings. The summed E-state index contributed by atoms with van der Waals surface area (Å²) in [5.74, 6) is 0. The van der Waals surface area contributed by atoms with Gasteiger partial charge in [0.2, 0.25) is 0 Å². The zero-order valence-electron chi connectivity index (χ0n) is 13.2. The van der Waals surface area contributed by atoms with E-state index in [-0.39, 0.29) is 6.10 Å². The predicted octanol–water partition coefficient (Wildman–Crippen LogP) is 3.59. The largest absolute Gasteiger partial charge is 0.388 e. The van der Waals surface area contributed by atoms with Crippen LogP contribution in [0.25, 0.3) is 0 Å². The Balaban J connectivity index is 1.45. The van der Waals surface area contributed by atoms with Crippen LogP contribution in [0.15, 0.2) is 54.6 Å².